The highest BCUT2D eigenvalue weighted by Gasteiger charge is 2.43. The Balaban J connectivity index is 1.35. The highest BCUT2D eigenvalue weighted by Crippen LogP contribution is 2.48. The van der Waals surface area contributed by atoms with Gasteiger partial charge in [0.15, 0.2) is 0 Å². The van der Waals surface area contributed by atoms with Crippen molar-refractivity contribution in [3.05, 3.63) is 82.6 Å². The van der Waals surface area contributed by atoms with Crippen molar-refractivity contribution in [1.29, 1.82) is 0 Å². The largest absolute Gasteiger partial charge is 0.323 e. The Morgan fingerprint density at radius 1 is 1.27 bits per heavy atom. The average Bonchev–Trinajstić information content (AvgIpc) is 3.30. The van der Waals surface area contributed by atoms with Crippen molar-refractivity contribution in [2.75, 3.05) is 5.32 Å². The summed E-state index contributed by atoms with van der Waals surface area (Å²) in [6.45, 7) is 2.76. The van der Waals surface area contributed by atoms with E-state index in [2.05, 4.69) is 35.5 Å². The number of carbonyl (C=O) groups is 1. The van der Waals surface area contributed by atoms with Crippen LogP contribution in [0.2, 0.25) is 5.02 Å². The van der Waals surface area contributed by atoms with Gasteiger partial charge in [-0.2, -0.15) is 5.10 Å². The summed E-state index contributed by atoms with van der Waals surface area (Å²) in [5, 5.41) is 8.05. The van der Waals surface area contributed by atoms with Crippen LogP contribution in [-0.2, 0) is 11.3 Å². The molecule has 0 spiro atoms. The molecule has 4 rings (SSSR count). The van der Waals surface area contributed by atoms with Crippen LogP contribution >= 0.6 is 11.6 Å². The van der Waals surface area contributed by atoms with E-state index in [1.54, 1.807) is 6.20 Å². The van der Waals surface area contributed by atoms with E-state index in [0.29, 0.717) is 6.54 Å². The molecule has 3 aromatic rings. The summed E-state index contributed by atoms with van der Waals surface area (Å²) in [5.74, 6) is 0.367. The minimum atomic E-state index is 0.0244. The van der Waals surface area contributed by atoms with Crippen LogP contribution in [0, 0.1) is 12.8 Å². The fourth-order valence-electron chi connectivity index (χ4n) is 3.31. The first-order chi connectivity index (χ1) is 12.6. The van der Waals surface area contributed by atoms with Crippen molar-refractivity contribution >= 4 is 23.2 Å². The molecule has 2 atom stereocenters. The quantitative estimate of drug-likeness (QED) is 0.716. The van der Waals surface area contributed by atoms with E-state index in [9.17, 15) is 4.79 Å². The number of benzene rings is 2. The van der Waals surface area contributed by atoms with Crippen LogP contribution in [0.4, 0.5) is 5.69 Å². The minimum Gasteiger partial charge on any atom is -0.323 e. The summed E-state index contributed by atoms with van der Waals surface area (Å²) in [4.78, 5) is 12.5. The first-order valence-electron chi connectivity index (χ1n) is 8.73. The lowest BCUT2D eigenvalue weighted by Gasteiger charge is -2.04. The van der Waals surface area contributed by atoms with Crippen LogP contribution in [0.25, 0.3) is 0 Å². The lowest BCUT2D eigenvalue weighted by atomic mass is 10.1. The number of rotatable bonds is 5. The molecular weight excluding hydrogens is 346 g/mol. The molecule has 0 aliphatic heterocycles. The van der Waals surface area contributed by atoms with E-state index < -0.39 is 0 Å². The molecule has 2 aromatic carbocycles. The average molecular weight is 366 g/mol. The molecule has 1 N–H and O–H groups in total. The standard InChI is InChI=1S/C21H20ClN3O/c1-14-3-2-4-15(9-14)12-25-13-18(11-23-25)24-21(26)20-10-19(20)16-5-7-17(22)8-6-16/h2-9,11,13,19-20H,10,12H2,1H3,(H,24,26). The predicted octanol–water partition coefficient (Wildman–Crippen LogP) is 4.64. The zero-order valence-corrected chi connectivity index (χ0v) is 15.3. The number of hydrogen-bond donors (Lipinski definition) is 1. The number of aryl methyl sites for hydroxylation is 1. The molecule has 1 heterocycles. The SMILES string of the molecule is Cc1cccc(Cn2cc(NC(=O)C3CC3c3ccc(Cl)cc3)cn2)c1. The van der Waals surface area contributed by atoms with Gasteiger partial charge in [-0.05, 0) is 42.5 Å². The Labute approximate surface area is 157 Å². The zero-order chi connectivity index (χ0) is 18.1. The van der Waals surface area contributed by atoms with Crippen LogP contribution in [0.3, 0.4) is 0 Å². The number of hydrogen-bond acceptors (Lipinski definition) is 2. The fraction of sp³-hybridized carbons (Fsp3) is 0.238. The van der Waals surface area contributed by atoms with Gasteiger partial charge in [0.25, 0.3) is 0 Å². The summed E-state index contributed by atoms with van der Waals surface area (Å²) in [7, 11) is 0. The summed E-state index contributed by atoms with van der Waals surface area (Å²) in [6.07, 6.45) is 4.46. The monoisotopic (exact) mass is 365 g/mol. The lowest BCUT2D eigenvalue weighted by molar-refractivity contribution is -0.117. The Morgan fingerprint density at radius 3 is 2.85 bits per heavy atom. The second-order valence-electron chi connectivity index (χ2n) is 6.91. The molecule has 132 valence electrons. The van der Waals surface area contributed by atoms with Crippen LogP contribution in [-0.4, -0.2) is 15.7 Å². The number of nitrogens with one attached hydrogen (secondary N) is 1. The maximum atomic E-state index is 12.5. The Morgan fingerprint density at radius 2 is 2.08 bits per heavy atom. The second kappa shape index (κ2) is 6.96. The number of anilines is 1. The van der Waals surface area contributed by atoms with Crippen molar-refractivity contribution < 1.29 is 4.79 Å². The Bertz CT molecular complexity index is 932. The summed E-state index contributed by atoms with van der Waals surface area (Å²) < 4.78 is 1.84. The van der Waals surface area contributed by atoms with Gasteiger partial charge in [-0.15, -0.1) is 0 Å². The third kappa shape index (κ3) is 3.81. The molecule has 5 heteroatoms. The topological polar surface area (TPSA) is 46.9 Å². The highest BCUT2D eigenvalue weighted by molar-refractivity contribution is 6.30. The number of halogens is 1. The highest BCUT2D eigenvalue weighted by atomic mass is 35.5. The number of amides is 1. The van der Waals surface area contributed by atoms with Gasteiger partial charge in [-0.25, -0.2) is 0 Å². The van der Waals surface area contributed by atoms with Gasteiger partial charge < -0.3 is 5.32 Å². The van der Waals surface area contributed by atoms with Crippen molar-refractivity contribution in [3.8, 4) is 0 Å². The van der Waals surface area contributed by atoms with E-state index in [1.807, 2.05) is 41.2 Å². The molecular formula is C21H20ClN3O. The maximum absolute atomic E-state index is 12.5. The summed E-state index contributed by atoms with van der Waals surface area (Å²) >= 11 is 5.92. The molecule has 0 bridgehead atoms. The molecule has 2 unspecified atom stereocenters. The van der Waals surface area contributed by atoms with Gasteiger partial charge in [0.05, 0.1) is 18.4 Å². The molecule has 1 aliphatic carbocycles. The Hall–Kier alpha value is -2.59. The van der Waals surface area contributed by atoms with Crippen LogP contribution in [0.15, 0.2) is 60.9 Å². The molecule has 0 saturated heterocycles. The van der Waals surface area contributed by atoms with Crippen molar-refractivity contribution in [2.45, 2.75) is 25.8 Å². The zero-order valence-electron chi connectivity index (χ0n) is 14.5. The van der Waals surface area contributed by atoms with Crippen LogP contribution in [0.1, 0.15) is 29.0 Å². The fourth-order valence-corrected chi connectivity index (χ4v) is 3.44. The van der Waals surface area contributed by atoms with Crippen molar-refractivity contribution in [1.82, 2.24) is 9.78 Å². The molecule has 1 amide bonds. The van der Waals surface area contributed by atoms with Gasteiger partial charge >= 0.3 is 0 Å². The third-order valence-corrected chi connectivity index (χ3v) is 5.01. The van der Waals surface area contributed by atoms with Gasteiger partial charge in [0.2, 0.25) is 5.91 Å². The molecule has 1 fully saturated rings. The van der Waals surface area contributed by atoms with Crippen molar-refractivity contribution in [2.24, 2.45) is 5.92 Å². The van der Waals surface area contributed by atoms with E-state index in [-0.39, 0.29) is 17.7 Å². The van der Waals surface area contributed by atoms with Gasteiger partial charge in [-0.3, -0.25) is 9.48 Å². The Kier molecular flexibility index (Phi) is 4.51. The first kappa shape index (κ1) is 16.9. The number of carbonyl (C=O) groups excluding carboxylic acids is 1. The van der Waals surface area contributed by atoms with E-state index in [0.717, 1.165) is 17.1 Å². The molecule has 0 radical (unpaired) electrons. The van der Waals surface area contributed by atoms with Gasteiger partial charge in [0.1, 0.15) is 0 Å². The maximum Gasteiger partial charge on any atom is 0.228 e. The smallest absolute Gasteiger partial charge is 0.228 e. The second-order valence-corrected chi connectivity index (χ2v) is 7.34. The molecule has 26 heavy (non-hydrogen) atoms. The van der Waals surface area contributed by atoms with E-state index >= 15 is 0 Å². The lowest BCUT2D eigenvalue weighted by Crippen LogP contribution is -2.14. The van der Waals surface area contributed by atoms with Gasteiger partial charge in [0, 0.05) is 17.1 Å². The van der Waals surface area contributed by atoms with Crippen LogP contribution < -0.4 is 5.32 Å². The number of nitrogens with zero attached hydrogens (tertiary/aromatic N) is 2. The minimum absolute atomic E-state index is 0.0244. The molecule has 1 aliphatic rings. The number of aromatic nitrogens is 2. The van der Waals surface area contributed by atoms with Gasteiger partial charge in [-0.1, -0.05) is 53.6 Å². The van der Waals surface area contributed by atoms with E-state index in [4.69, 9.17) is 11.6 Å². The van der Waals surface area contributed by atoms with E-state index in [1.165, 1.54) is 16.7 Å². The first-order valence-corrected chi connectivity index (χ1v) is 9.10. The van der Waals surface area contributed by atoms with Crippen molar-refractivity contribution in [3.63, 3.8) is 0 Å². The normalized spacial score (nSPS) is 18.5. The molecule has 4 nitrogen and oxygen atoms in total. The summed E-state index contributed by atoms with van der Waals surface area (Å²) in [5.41, 5.74) is 4.33. The summed E-state index contributed by atoms with van der Waals surface area (Å²) in [6, 6.07) is 16.1. The third-order valence-electron chi connectivity index (χ3n) is 4.75. The predicted molar refractivity (Wildman–Crippen MR) is 103 cm³/mol. The van der Waals surface area contributed by atoms with Crippen LogP contribution in [0.5, 0.6) is 0 Å². The molecule has 1 saturated carbocycles. The molecule has 1 aromatic heterocycles.